The Balaban J connectivity index is 1.96. The van der Waals surface area contributed by atoms with Gasteiger partial charge in [0.2, 0.25) is 0 Å². The molecular weight excluding hydrogens is 212 g/mol. The van der Waals surface area contributed by atoms with Gasteiger partial charge in [-0.2, -0.15) is 0 Å². The van der Waals surface area contributed by atoms with Gasteiger partial charge in [-0.1, -0.05) is 42.5 Å². The van der Waals surface area contributed by atoms with Crippen LogP contribution in [0.15, 0.2) is 54.8 Å². The SMILES string of the molecule is N=C(N)C1C=CC=CN1NCc1ccccc1. The van der Waals surface area contributed by atoms with Gasteiger partial charge in [-0.05, 0) is 11.6 Å². The topological polar surface area (TPSA) is 65.1 Å². The lowest BCUT2D eigenvalue weighted by Crippen LogP contribution is -2.47. The summed E-state index contributed by atoms with van der Waals surface area (Å²) in [6.07, 6.45) is 7.58. The van der Waals surface area contributed by atoms with Gasteiger partial charge in [0.25, 0.3) is 0 Å². The lowest BCUT2D eigenvalue weighted by atomic mass is 10.2. The zero-order valence-electron chi connectivity index (χ0n) is 9.51. The summed E-state index contributed by atoms with van der Waals surface area (Å²) in [6.45, 7) is 0.711. The zero-order chi connectivity index (χ0) is 12.1. The lowest BCUT2D eigenvalue weighted by molar-refractivity contribution is 0.258. The van der Waals surface area contributed by atoms with Crippen LogP contribution in [0.1, 0.15) is 5.56 Å². The van der Waals surface area contributed by atoms with Crippen molar-refractivity contribution in [2.45, 2.75) is 12.6 Å². The first-order valence-electron chi connectivity index (χ1n) is 5.52. The smallest absolute Gasteiger partial charge is 0.120 e. The van der Waals surface area contributed by atoms with Crippen LogP contribution >= 0.6 is 0 Å². The summed E-state index contributed by atoms with van der Waals surface area (Å²) in [5.74, 6) is 0.131. The predicted molar refractivity (Wildman–Crippen MR) is 69.1 cm³/mol. The first-order valence-corrected chi connectivity index (χ1v) is 5.52. The summed E-state index contributed by atoms with van der Waals surface area (Å²) >= 11 is 0. The lowest BCUT2D eigenvalue weighted by Gasteiger charge is -2.29. The van der Waals surface area contributed by atoms with E-state index >= 15 is 0 Å². The minimum Gasteiger partial charge on any atom is -0.386 e. The second-order valence-electron chi connectivity index (χ2n) is 3.85. The Labute approximate surface area is 101 Å². The Kier molecular flexibility index (Phi) is 3.57. The quantitative estimate of drug-likeness (QED) is 0.539. The maximum atomic E-state index is 7.51. The molecule has 0 saturated carbocycles. The van der Waals surface area contributed by atoms with Gasteiger partial charge in [0.05, 0.1) is 0 Å². The van der Waals surface area contributed by atoms with E-state index in [4.69, 9.17) is 11.1 Å². The van der Waals surface area contributed by atoms with Gasteiger partial charge >= 0.3 is 0 Å². The molecule has 4 nitrogen and oxygen atoms in total. The maximum absolute atomic E-state index is 7.51. The van der Waals surface area contributed by atoms with Gasteiger partial charge in [0.1, 0.15) is 11.9 Å². The molecule has 0 saturated heterocycles. The third kappa shape index (κ3) is 2.95. The van der Waals surface area contributed by atoms with Gasteiger partial charge in [-0.3, -0.25) is 5.41 Å². The van der Waals surface area contributed by atoms with E-state index < -0.39 is 0 Å². The van der Waals surface area contributed by atoms with Crippen molar-refractivity contribution in [1.29, 1.82) is 5.41 Å². The van der Waals surface area contributed by atoms with Crippen molar-refractivity contribution in [3.8, 4) is 0 Å². The molecule has 0 aliphatic carbocycles. The number of rotatable bonds is 4. The van der Waals surface area contributed by atoms with E-state index in [1.165, 1.54) is 5.56 Å². The van der Waals surface area contributed by atoms with Gasteiger partial charge < -0.3 is 10.7 Å². The molecule has 0 aromatic heterocycles. The molecule has 1 aliphatic rings. The number of nitrogens with one attached hydrogen (secondary N) is 2. The highest BCUT2D eigenvalue weighted by Gasteiger charge is 2.16. The number of nitrogens with zero attached hydrogens (tertiary/aromatic N) is 1. The molecule has 2 rings (SSSR count). The first-order chi connectivity index (χ1) is 8.27. The van der Waals surface area contributed by atoms with Crippen molar-refractivity contribution in [3.63, 3.8) is 0 Å². The fraction of sp³-hybridized carbons (Fsp3) is 0.154. The summed E-state index contributed by atoms with van der Waals surface area (Å²) < 4.78 is 0. The molecule has 1 aromatic rings. The van der Waals surface area contributed by atoms with E-state index in [-0.39, 0.29) is 11.9 Å². The summed E-state index contributed by atoms with van der Waals surface area (Å²) in [5.41, 5.74) is 9.98. The molecule has 4 N–H and O–H groups in total. The molecule has 4 heteroatoms. The second-order valence-corrected chi connectivity index (χ2v) is 3.85. The molecular formula is C13H16N4. The molecule has 0 bridgehead atoms. The number of nitrogens with two attached hydrogens (primary N) is 1. The Bertz CT molecular complexity index is 436. The average Bonchev–Trinajstić information content (AvgIpc) is 2.38. The van der Waals surface area contributed by atoms with Crippen LogP contribution < -0.4 is 11.2 Å². The first kappa shape index (κ1) is 11.4. The second kappa shape index (κ2) is 5.32. The highest BCUT2D eigenvalue weighted by molar-refractivity contribution is 5.85. The number of benzene rings is 1. The van der Waals surface area contributed by atoms with Crippen molar-refractivity contribution >= 4 is 5.84 Å². The summed E-state index contributed by atoms with van der Waals surface area (Å²) in [4.78, 5) is 0. The molecule has 0 fully saturated rings. The highest BCUT2D eigenvalue weighted by atomic mass is 15.5. The van der Waals surface area contributed by atoms with E-state index in [1.54, 1.807) is 0 Å². The summed E-state index contributed by atoms with van der Waals surface area (Å²) in [6, 6.07) is 9.91. The van der Waals surface area contributed by atoms with E-state index in [0.29, 0.717) is 6.54 Å². The average molecular weight is 228 g/mol. The van der Waals surface area contributed by atoms with Crippen LogP contribution in [0, 0.1) is 5.41 Å². The summed E-state index contributed by atoms with van der Waals surface area (Å²) in [7, 11) is 0. The molecule has 0 radical (unpaired) electrons. The molecule has 1 heterocycles. The van der Waals surface area contributed by atoms with Crippen molar-refractivity contribution < 1.29 is 0 Å². The Morgan fingerprint density at radius 3 is 2.76 bits per heavy atom. The van der Waals surface area contributed by atoms with Crippen LogP contribution in [0.5, 0.6) is 0 Å². The Morgan fingerprint density at radius 2 is 2.06 bits per heavy atom. The summed E-state index contributed by atoms with van der Waals surface area (Å²) in [5, 5.41) is 9.36. The van der Waals surface area contributed by atoms with Crippen molar-refractivity contribution in [2.24, 2.45) is 5.73 Å². The largest absolute Gasteiger partial charge is 0.386 e. The minimum atomic E-state index is -0.205. The van der Waals surface area contributed by atoms with Crippen LogP contribution in [-0.2, 0) is 6.54 Å². The van der Waals surface area contributed by atoms with Crippen LogP contribution in [0.3, 0.4) is 0 Å². The number of allylic oxidation sites excluding steroid dienone is 2. The molecule has 1 aromatic carbocycles. The zero-order valence-corrected chi connectivity index (χ0v) is 9.51. The number of amidine groups is 1. The maximum Gasteiger partial charge on any atom is 0.120 e. The van der Waals surface area contributed by atoms with Gasteiger partial charge in [-0.15, -0.1) is 0 Å². The normalized spacial score (nSPS) is 18.4. The molecule has 1 atom stereocenters. The van der Waals surface area contributed by atoms with E-state index in [1.807, 2.05) is 47.6 Å². The van der Waals surface area contributed by atoms with Crippen molar-refractivity contribution in [2.75, 3.05) is 0 Å². The number of hydrazine groups is 1. The van der Waals surface area contributed by atoms with Crippen LogP contribution in [-0.4, -0.2) is 16.9 Å². The fourth-order valence-corrected chi connectivity index (χ4v) is 1.68. The van der Waals surface area contributed by atoms with Crippen LogP contribution in [0.2, 0.25) is 0 Å². The van der Waals surface area contributed by atoms with E-state index in [0.717, 1.165) is 0 Å². The predicted octanol–water partition coefficient (Wildman–Crippen LogP) is 1.38. The molecule has 1 unspecified atom stereocenters. The van der Waals surface area contributed by atoms with Crippen LogP contribution in [0.4, 0.5) is 0 Å². The molecule has 0 amide bonds. The number of hydrogen-bond acceptors (Lipinski definition) is 3. The molecule has 88 valence electrons. The van der Waals surface area contributed by atoms with Crippen molar-refractivity contribution in [1.82, 2.24) is 10.4 Å². The highest BCUT2D eigenvalue weighted by Crippen LogP contribution is 2.06. The Hall–Kier alpha value is -2.07. The standard InChI is InChI=1S/C13H16N4/c14-13(15)12-8-4-5-9-17(12)16-10-11-6-2-1-3-7-11/h1-9,12,16H,10H2,(H3,14,15). The Morgan fingerprint density at radius 1 is 1.29 bits per heavy atom. The number of hydrogen-bond donors (Lipinski definition) is 3. The van der Waals surface area contributed by atoms with E-state index in [2.05, 4.69) is 17.6 Å². The molecule has 17 heavy (non-hydrogen) atoms. The van der Waals surface area contributed by atoms with Gasteiger partial charge in [0.15, 0.2) is 0 Å². The van der Waals surface area contributed by atoms with Crippen molar-refractivity contribution in [3.05, 3.63) is 60.3 Å². The molecule has 0 spiro atoms. The third-order valence-electron chi connectivity index (χ3n) is 2.58. The van der Waals surface area contributed by atoms with Crippen LogP contribution in [0.25, 0.3) is 0 Å². The van der Waals surface area contributed by atoms with E-state index in [9.17, 15) is 0 Å². The van der Waals surface area contributed by atoms with Gasteiger partial charge in [-0.25, -0.2) is 5.43 Å². The van der Waals surface area contributed by atoms with Gasteiger partial charge in [0, 0.05) is 12.7 Å². The molecule has 1 aliphatic heterocycles. The third-order valence-corrected chi connectivity index (χ3v) is 2.58. The minimum absolute atomic E-state index is 0.131. The fourth-order valence-electron chi connectivity index (χ4n) is 1.68. The monoisotopic (exact) mass is 228 g/mol.